The van der Waals surface area contributed by atoms with Gasteiger partial charge in [-0.15, -0.1) is 11.3 Å². The van der Waals surface area contributed by atoms with Gasteiger partial charge in [-0.2, -0.15) is 0 Å². The Morgan fingerprint density at radius 2 is 1.86 bits per heavy atom. The molecule has 0 spiro atoms. The van der Waals surface area contributed by atoms with Crippen LogP contribution < -0.4 is 5.32 Å². The number of benzene rings is 1. The quantitative estimate of drug-likeness (QED) is 0.754. The molecule has 1 aromatic heterocycles. The summed E-state index contributed by atoms with van der Waals surface area (Å²) in [7, 11) is 0. The summed E-state index contributed by atoms with van der Waals surface area (Å²) in [5.41, 5.74) is -0.0252. The van der Waals surface area contributed by atoms with Gasteiger partial charge in [0.05, 0.1) is 0 Å². The third-order valence-corrected chi connectivity index (χ3v) is 4.48. The van der Waals surface area contributed by atoms with Crippen molar-refractivity contribution in [2.75, 3.05) is 6.54 Å². The molecule has 1 unspecified atom stereocenters. The Morgan fingerprint density at radius 1 is 1.14 bits per heavy atom. The van der Waals surface area contributed by atoms with E-state index in [1.807, 2.05) is 13.0 Å². The lowest BCUT2D eigenvalue weighted by atomic mass is 10.0. The van der Waals surface area contributed by atoms with Gasteiger partial charge in [0.25, 0.3) is 0 Å². The first-order valence-electron chi connectivity index (χ1n) is 6.92. The van der Waals surface area contributed by atoms with Crippen LogP contribution in [0.1, 0.15) is 31.7 Å². The van der Waals surface area contributed by atoms with Gasteiger partial charge in [0.1, 0.15) is 5.82 Å². The summed E-state index contributed by atoms with van der Waals surface area (Å²) in [6.07, 6.45) is 0. The molecule has 2 aromatic rings. The van der Waals surface area contributed by atoms with Crippen LogP contribution in [0.25, 0.3) is 10.4 Å². The zero-order chi connectivity index (χ0) is 15.6. The predicted molar refractivity (Wildman–Crippen MR) is 80.9 cm³/mol. The van der Waals surface area contributed by atoms with Crippen molar-refractivity contribution < 1.29 is 13.2 Å². The largest absolute Gasteiger partial charge is 0.309 e. The van der Waals surface area contributed by atoms with Gasteiger partial charge in [-0.05, 0) is 30.7 Å². The van der Waals surface area contributed by atoms with Crippen LogP contribution in [-0.4, -0.2) is 6.54 Å². The molecule has 0 saturated carbocycles. The molecule has 1 heterocycles. The van der Waals surface area contributed by atoms with Crippen molar-refractivity contribution in [1.29, 1.82) is 0 Å². The second-order valence-corrected chi connectivity index (χ2v) is 6.35. The predicted octanol–water partition coefficient (Wildman–Crippen LogP) is 5.14. The molecule has 0 aliphatic rings. The van der Waals surface area contributed by atoms with Crippen molar-refractivity contribution >= 4 is 11.3 Å². The van der Waals surface area contributed by atoms with Crippen molar-refractivity contribution in [2.45, 2.75) is 26.8 Å². The molecule has 114 valence electrons. The summed E-state index contributed by atoms with van der Waals surface area (Å²) in [5.74, 6) is -2.57. The van der Waals surface area contributed by atoms with E-state index >= 15 is 0 Å². The van der Waals surface area contributed by atoms with Crippen molar-refractivity contribution in [2.24, 2.45) is 5.92 Å². The fourth-order valence-corrected chi connectivity index (χ4v) is 3.55. The first-order chi connectivity index (χ1) is 9.93. The van der Waals surface area contributed by atoms with Crippen molar-refractivity contribution in [3.63, 3.8) is 0 Å². The van der Waals surface area contributed by atoms with Crippen LogP contribution in [-0.2, 0) is 0 Å². The summed E-state index contributed by atoms with van der Waals surface area (Å²) in [5, 5.41) is 3.37. The summed E-state index contributed by atoms with van der Waals surface area (Å²) in [4.78, 5) is 1.57. The molecule has 0 aliphatic heterocycles. The van der Waals surface area contributed by atoms with E-state index < -0.39 is 17.5 Å². The number of nitrogens with one attached hydrogen (secondary N) is 1. The van der Waals surface area contributed by atoms with Gasteiger partial charge in [-0.3, -0.25) is 0 Å². The van der Waals surface area contributed by atoms with Gasteiger partial charge < -0.3 is 5.32 Å². The normalized spacial score (nSPS) is 12.9. The Balaban J connectivity index is 2.40. The highest BCUT2D eigenvalue weighted by molar-refractivity contribution is 7.15. The van der Waals surface area contributed by atoms with E-state index in [0.717, 1.165) is 17.5 Å². The Hall–Kier alpha value is -1.33. The summed E-state index contributed by atoms with van der Waals surface area (Å²) in [6.45, 7) is 7.02. The number of halogens is 3. The minimum atomic E-state index is -1.16. The SMILES string of the molecule is CCNC(c1ccc(-c2cc(F)cc(F)c2F)s1)C(C)C. The molecule has 0 fully saturated rings. The molecule has 1 N–H and O–H groups in total. The zero-order valence-electron chi connectivity index (χ0n) is 12.2. The molecular weight excluding hydrogens is 295 g/mol. The highest BCUT2D eigenvalue weighted by atomic mass is 32.1. The van der Waals surface area contributed by atoms with Crippen LogP contribution >= 0.6 is 11.3 Å². The molecule has 0 aliphatic carbocycles. The fraction of sp³-hybridized carbons (Fsp3) is 0.375. The highest BCUT2D eigenvalue weighted by Gasteiger charge is 2.19. The molecule has 0 radical (unpaired) electrons. The molecule has 1 nitrogen and oxygen atoms in total. The van der Waals surface area contributed by atoms with Crippen LogP contribution in [0.3, 0.4) is 0 Å². The van der Waals surface area contributed by atoms with Crippen LogP contribution in [0.5, 0.6) is 0 Å². The Labute approximate surface area is 126 Å². The van der Waals surface area contributed by atoms with E-state index in [9.17, 15) is 13.2 Å². The Morgan fingerprint density at radius 3 is 2.48 bits per heavy atom. The zero-order valence-corrected chi connectivity index (χ0v) is 13.0. The third-order valence-electron chi connectivity index (χ3n) is 3.28. The summed E-state index contributed by atoms with van der Waals surface area (Å²) >= 11 is 1.36. The summed E-state index contributed by atoms with van der Waals surface area (Å²) < 4.78 is 40.4. The standard InChI is InChI=1S/C16H18F3NS/c1-4-20-16(9(2)3)14-6-5-13(21-14)11-7-10(17)8-12(18)15(11)19/h5-9,16,20H,4H2,1-3H3. The van der Waals surface area contributed by atoms with E-state index in [4.69, 9.17) is 0 Å². The van der Waals surface area contributed by atoms with Crippen LogP contribution in [0.2, 0.25) is 0 Å². The lowest BCUT2D eigenvalue weighted by Crippen LogP contribution is -2.24. The van der Waals surface area contributed by atoms with Crippen molar-refractivity contribution in [3.8, 4) is 10.4 Å². The van der Waals surface area contributed by atoms with Crippen LogP contribution in [0, 0.1) is 23.4 Å². The van der Waals surface area contributed by atoms with E-state index in [-0.39, 0.29) is 11.6 Å². The minimum Gasteiger partial charge on any atom is -0.309 e. The molecule has 0 saturated heterocycles. The van der Waals surface area contributed by atoms with Crippen LogP contribution in [0.15, 0.2) is 24.3 Å². The van der Waals surface area contributed by atoms with Gasteiger partial charge in [0.15, 0.2) is 11.6 Å². The van der Waals surface area contributed by atoms with Crippen molar-refractivity contribution in [1.82, 2.24) is 5.32 Å². The number of hydrogen-bond acceptors (Lipinski definition) is 2. The average molecular weight is 313 g/mol. The van der Waals surface area contributed by atoms with Gasteiger partial charge >= 0.3 is 0 Å². The second kappa shape index (κ2) is 6.62. The van der Waals surface area contributed by atoms with Gasteiger partial charge in [-0.25, -0.2) is 13.2 Å². The molecule has 21 heavy (non-hydrogen) atoms. The van der Waals surface area contributed by atoms with E-state index in [2.05, 4.69) is 19.2 Å². The Kier molecular flexibility index (Phi) is 5.06. The second-order valence-electron chi connectivity index (χ2n) is 5.23. The van der Waals surface area contributed by atoms with E-state index in [1.165, 1.54) is 11.3 Å². The topological polar surface area (TPSA) is 12.0 Å². The highest BCUT2D eigenvalue weighted by Crippen LogP contribution is 2.36. The molecule has 0 bridgehead atoms. The van der Waals surface area contributed by atoms with Gasteiger partial charge in [-0.1, -0.05) is 20.8 Å². The fourth-order valence-electron chi connectivity index (χ4n) is 2.28. The number of rotatable bonds is 5. The number of thiophene rings is 1. The smallest absolute Gasteiger partial charge is 0.167 e. The lowest BCUT2D eigenvalue weighted by Gasteiger charge is -2.20. The molecule has 1 aromatic carbocycles. The van der Waals surface area contributed by atoms with Crippen LogP contribution in [0.4, 0.5) is 13.2 Å². The Bertz CT molecular complexity index is 622. The maximum absolute atomic E-state index is 13.8. The minimum absolute atomic E-state index is 0.0252. The number of hydrogen-bond donors (Lipinski definition) is 1. The maximum Gasteiger partial charge on any atom is 0.167 e. The first kappa shape index (κ1) is 16.0. The summed E-state index contributed by atoms with van der Waals surface area (Å²) in [6, 6.07) is 5.34. The average Bonchev–Trinajstić information content (AvgIpc) is 2.88. The third kappa shape index (κ3) is 3.47. The monoisotopic (exact) mass is 313 g/mol. The van der Waals surface area contributed by atoms with E-state index in [1.54, 1.807) is 6.07 Å². The lowest BCUT2D eigenvalue weighted by molar-refractivity contribution is 0.428. The molecular formula is C16H18F3NS. The van der Waals surface area contributed by atoms with E-state index in [0.29, 0.717) is 16.9 Å². The molecule has 0 amide bonds. The maximum atomic E-state index is 13.8. The molecule has 5 heteroatoms. The molecule has 1 atom stereocenters. The first-order valence-corrected chi connectivity index (χ1v) is 7.73. The molecule has 2 rings (SSSR count). The van der Waals surface area contributed by atoms with Gasteiger partial charge in [0.2, 0.25) is 0 Å². The van der Waals surface area contributed by atoms with Crippen molar-refractivity contribution in [3.05, 3.63) is 46.6 Å². The van der Waals surface area contributed by atoms with Gasteiger partial charge in [0, 0.05) is 27.4 Å².